The first-order valence-corrected chi connectivity index (χ1v) is 10.9. The average Bonchev–Trinajstić information content (AvgIpc) is 3.31. The summed E-state index contributed by atoms with van der Waals surface area (Å²) in [6, 6.07) is 18.3. The van der Waals surface area contributed by atoms with E-state index >= 15 is 0 Å². The summed E-state index contributed by atoms with van der Waals surface area (Å²) >= 11 is 0. The summed E-state index contributed by atoms with van der Waals surface area (Å²) < 4.78 is 33.1. The molecule has 0 fully saturated rings. The fourth-order valence-electron chi connectivity index (χ4n) is 3.50. The Morgan fingerprint density at radius 1 is 0.941 bits per heavy atom. The number of hydrogen-bond acceptors (Lipinski definition) is 5. The summed E-state index contributed by atoms with van der Waals surface area (Å²) in [5.74, 6) is -0.652. The quantitative estimate of drug-likeness (QED) is 0.375. The highest BCUT2D eigenvalue weighted by Gasteiger charge is 2.17. The second kappa shape index (κ2) is 11.3. The van der Waals surface area contributed by atoms with Gasteiger partial charge in [-0.05, 0) is 35.9 Å². The van der Waals surface area contributed by atoms with Crippen LogP contribution in [0.4, 0.5) is 8.78 Å². The molecular weight excluding hydrogens is 438 g/mol. The molecule has 0 saturated heterocycles. The smallest absolute Gasteiger partial charge is 0.273 e. The first-order chi connectivity index (χ1) is 16.6. The summed E-state index contributed by atoms with van der Waals surface area (Å²) in [5, 5.41) is 2.81. The lowest BCUT2D eigenvalue weighted by Gasteiger charge is -2.21. The first kappa shape index (κ1) is 23.3. The minimum absolute atomic E-state index is 0.170. The van der Waals surface area contributed by atoms with E-state index in [2.05, 4.69) is 15.3 Å². The summed E-state index contributed by atoms with van der Waals surface area (Å²) in [4.78, 5) is 22.9. The number of nitrogens with one attached hydrogen (secondary N) is 1. The maximum Gasteiger partial charge on any atom is 0.273 e. The largest absolute Gasteiger partial charge is 0.447 e. The third kappa shape index (κ3) is 6.55. The van der Waals surface area contributed by atoms with Crippen molar-refractivity contribution in [3.8, 4) is 0 Å². The molecule has 2 aromatic heterocycles. The fourth-order valence-corrected chi connectivity index (χ4v) is 3.50. The molecule has 0 aliphatic heterocycles. The molecule has 0 radical (unpaired) electrons. The average molecular weight is 463 g/mol. The summed E-state index contributed by atoms with van der Waals surface area (Å²) in [5.41, 5.74) is 2.43. The molecule has 0 atom stereocenters. The maximum absolute atomic E-state index is 14.3. The van der Waals surface area contributed by atoms with Crippen LogP contribution < -0.4 is 5.32 Å². The van der Waals surface area contributed by atoms with Gasteiger partial charge in [-0.1, -0.05) is 36.4 Å². The lowest BCUT2D eigenvalue weighted by atomic mass is 10.1. The van der Waals surface area contributed by atoms with Gasteiger partial charge in [0.25, 0.3) is 5.91 Å². The van der Waals surface area contributed by atoms with Gasteiger partial charge in [0.15, 0.2) is 5.69 Å². The van der Waals surface area contributed by atoms with Crippen LogP contribution in [0.5, 0.6) is 0 Å². The number of pyridine rings is 1. The lowest BCUT2D eigenvalue weighted by Crippen LogP contribution is -2.26. The van der Waals surface area contributed by atoms with Crippen LogP contribution in [-0.4, -0.2) is 27.3 Å². The highest BCUT2D eigenvalue weighted by molar-refractivity contribution is 5.91. The Bertz CT molecular complexity index is 1210. The second-order valence-electron chi connectivity index (χ2n) is 7.82. The van der Waals surface area contributed by atoms with Crippen molar-refractivity contribution in [2.24, 2.45) is 0 Å². The van der Waals surface area contributed by atoms with Crippen molar-refractivity contribution in [1.29, 1.82) is 0 Å². The zero-order valence-electron chi connectivity index (χ0n) is 18.5. The van der Waals surface area contributed by atoms with Crippen LogP contribution >= 0.6 is 0 Å². The monoisotopic (exact) mass is 462 g/mol. The minimum Gasteiger partial charge on any atom is -0.447 e. The van der Waals surface area contributed by atoms with Crippen molar-refractivity contribution in [2.75, 3.05) is 6.54 Å². The first-order valence-electron chi connectivity index (χ1n) is 10.9. The van der Waals surface area contributed by atoms with Gasteiger partial charge in [-0.25, -0.2) is 13.8 Å². The molecule has 8 heteroatoms. The Morgan fingerprint density at radius 3 is 2.50 bits per heavy atom. The number of rotatable bonds is 10. The number of halogens is 2. The van der Waals surface area contributed by atoms with Gasteiger partial charge in [0, 0.05) is 43.5 Å². The topological polar surface area (TPSA) is 71.3 Å². The fraction of sp³-hybridized carbons (Fsp3) is 0.192. The molecule has 4 aromatic rings. The van der Waals surface area contributed by atoms with Crippen LogP contribution in [0, 0.1) is 11.6 Å². The van der Waals surface area contributed by atoms with Crippen LogP contribution in [-0.2, 0) is 26.1 Å². The van der Waals surface area contributed by atoms with Gasteiger partial charge in [0.05, 0.1) is 6.54 Å². The van der Waals surface area contributed by atoms with E-state index in [1.807, 2.05) is 23.1 Å². The van der Waals surface area contributed by atoms with E-state index in [1.165, 1.54) is 24.5 Å². The number of oxazole rings is 1. The zero-order chi connectivity index (χ0) is 23.8. The van der Waals surface area contributed by atoms with Gasteiger partial charge in [0.2, 0.25) is 5.89 Å². The number of benzene rings is 2. The number of amides is 1. The Morgan fingerprint density at radius 2 is 1.74 bits per heavy atom. The van der Waals surface area contributed by atoms with Crippen LogP contribution in [0.3, 0.4) is 0 Å². The van der Waals surface area contributed by atoms with Gasteiger partial charge in [-0.3, -0.25) is 14.7 Å². The molecule has 174 valence electrons. The zero-order valence-corrected chi connectivity index (χ0v) is 18.5. The highest BCUT2D eigenvalue weighted by Crippen LogP contribution is 2.17. The Labute approximate surface area is 196 Å². The number of hydrogen-bond donors (Lipinski definition) is 1. The molecule has 0 bridgehead atoms. The number of nitrogens with zero attached hydrogens (tertiary/aromatic N) is 3. The molecule has 6 nitrogen and oxygen atoms in total. The van der Waals surface area contributed by atoms with Gasteiger partial charge in [-0.2, -0.15) is 0 Å². The molecule has 0 saturated carbocycles. The van der Waals surface area contributed by atoms with E-state index in [4.69, 9.17) is 4.42 Å². The maximum atomic E-state index is 14.3. The molecule has 0 unspecified atom stereocenters. The van der Waals surface area contributed by atoms with E-state index < -0.39 is 0 Å². The molecule has 1 amide bonds. The lowest BCUT2D eigenvalue weighted by molar-refractivity contribution is 0.0949. The van der Waals surface area contributed by atoms with Crippen LogP contribution in [0.1, 0.15) is 33.2 Å². The molecule has 2 heterocycles. The minimum atomic E-state index is -0.342. The Kier molecular flexibility index (Phi) is 7.72. The SMILES string of the molecule is O=C(NCCc1ccccn1)c1coc(CN(Cc2ccc(F)cc2)Cc2ccccc2F)n1. The predicted molar refractivity (Wildman–Crippen MR) is 123 cm³/mol. The van der Waals surface area contributed by atoms with Crippen molar-refractivity contribution in [3.05, 3.63) is 119 Å². The van der Waals surface area contributed by atoms with Crippen molar-refractivity contribution < 1.29 is 18.0 Å². The molecule has 4 rings (SSSR count). The van der Waals surface area contributed by atoms with Gasteiger partial charge in [0.1, 0.15) is 17.9 Å². The predicted octanol–water partition coefficient (Wildman–Crippen LogP) is 4.52. The highest BCUT2D eigenvalue weighted by atomic mass is 19.1. The normalized spacial score (nSPS) is 11.0. The van der Waals surface area contributed by atoms with E-state index in [1.54, 1.807) is 36.5 Å². The number of aromatic nitrogens is 2. The standard InChI is InChI=1S/C26H24F2N4O2/c27-21-10-8-19(9-11-21)15-32(16-20-5-1-2-7-23(20)28)17-25-31-24(18-34-25)26(33)30-14-12-22-6-3-4-13-29-22/h1-11,13,18H,12,14-17H2,(H,30,33). The molecule has 2 aromatic carbocycles. The van der Waals surface area contributed by atoms with Crippen molar-refractivity contribution >= 4 is 5.91 Å². The van der Waals surface area contributed by atoms with E-state index in [9.17, 15) is 13.6 Å². The van der Waals surface area contributed by atoms with Gasteiger partial charge in [-0.15, -0.1) is 0 Å². The summed E-state index contributed by atoms with van der Waals surface area (Å²) in [7, 11) is 0. The van der Waals surface area contributed by atoms with Crippen molar-refractivity contribution in [3.63, 3.8) is 0 Å². The molecule has 0 spiro atoms. The van der Waals surface area contributed by atoms with Crippen molar-refractivity contribution in [1.82, 2.24) is 20.2 Å². The van der Waals surface area contributed by atoms with E-state index in [0.717, 1.165) is 11.3 Å². The van der Waals surface area contributed by atoms with Crippen LogP contribution in [0.25, 0.3) is 0 Å². The van der Waals surface area contributed by atoms with E-state index in [0.29, 0.717) is 31.0 Å². The third-order valence-electron chi connectivity index (χ3n) is 5.21. The molecule has 1 N–H and O–H groups in total. The molecule has 34 heavy (non-hydrogen) atoms. The van der Waals surface area contributed by atoms with Crippen molar-refractivity contribution in [2.45, 2.75) is 26.1 Å². The Balaban J connectivity index is 1.40. The summed E-state index contributed by atoms with van der Waals surface area (Å²) in [6.07, 6.45) is 3.62. The Hall–Kier alpha value is -3.91. The molecular formula is C26H24F2N4O2. The summed E-state index contributed by atoms with van der Waals surface area (Å²) in [6.45, 7) is 1.37. The van der Waals surface area contributed by atoms with Crippen LogP contribution in [0.15, 0.2) is 83.6 Å². The third-order valence-corrected chi connectivity index (χ3v) is 5.21. The van der Waals surface area contributed by atoms with Gasteiger partial charge < -0.3 is 9.73 Å². The molecule has 0 aliphatic carbocycles. The van der Waals surface area contributed by atoms with Gasteiger partial charge >= 0.3 is 0 Å². The number of carbonyl (C=O) groups is 1. The number of carbonyl (C=O) groups excluding carboxylic acids is 1. The van der Waals surface area contributed by atoms with E-state index in [-0.39, 0.29) is 36.3 Å². The molecule has 0 aliphatic rings. The van der Waals surface area contributed by atoms with Crippen LogP contribution in [0.2, 0.25) is 0 Å². The second-order valence-corrected chi connectivity index (χ2v) is 7.82.